The van der Waals surface area contributed by atoms with Gasteiger partial charge in [-0.25, -0.2) is 0 Å². The van der Waals surface area contributed by atoms with Crippen LogP contribution in [-0.2, 0) is 10.8 Å². The molecule has 2 heteroatoms. The molecular weight excluding hydrogens is 623 g/mol. The van der Waals surface area contributed by atoms with Crippen LogP contribution in [0.5, 0.6) is 0 Å². The molecule has 2 aliphatic carbocycles. The van der Waals surface area contributed by atoms with Gasteiger partial charge in [0.05, 0.1) is 10.4 Å². The van der Waals surface area contributed by atoms with Gasteiger partial charge in [0.1, 0.15) is 0 Å². The number of nitrogens with zero attached hydrogens (tertiary/aromatic N) is 1. The fraction of sp³-hybridized carbons (Fsp3) is 0.125. The molecular formula is C48H37NS. The van der Waals surface area contributed by atoms with Crippen LogP contribution in [0.1, 0.15) is 49.9 Å². The van der Waals surface area contributed by atoms with E-state index in [9.17, 15) is 0 Å². The third-order valence-corrected chi connectivity index (χ3v) is 12.6. The lowest BCUT2D eigenvalue weighted by atomic mass is 9.80. The van der Waals surface area contributed by atoms with Crippen molar-refractivity contribution in [3.05, 3.63) is 174 Å². The number of thiophene rings is 1. The number of hydrogen-bond donors (Lipinski definition) is 0. The van der Waals surface area contributed by atoms with Crippen LogP contribution in [-0.4, -0.2) is 0 Å². The van der Waals surface area contributed by atoms with E-state index in [-0.39, 0.29) is 10.8 Å². The van der Waals surface area contributed by atoms with Gasteiger partial charge in [-0.3, -0.25) is 0 Å². The molecule has 50 heavy (non-hydrogen) atoms. The first-order valence-electron chi connectivity index (χ1n) is 17.6. The van der Waals surface area contributed by atoms with E-state index < -0.39 is 0 Å². The fourth-order valence-electron chi connectivity index (χ4n) is 9.01. The molecule has 0 fully saturated rings. The van der Waals surface area contributed by atoms with Crippen molar-refractivity contribution in [2.24, 2.45) is 0 Å². The highest BCUT2D eigenvalue weighted by Gasteiger charge is 2.38. The molecule has 1 heterocycles. The van der Waals surface area contributed by atoms with Crippen molar-refractivity contribution < 1.29 is 0 Å². The molecule has 0 unspecified atom stereocenters. The normalized spacial score (nSPS) is 14.7. The summed E-state index contributed by atoms with van der Waals surface area (Å²) >= 11 is 1.92. The minimum absolute atomic E-state index is 0.0208. The summed E-state index contributed by atoms with van der Waals surface area (Å²) in [5.74, 6) is 0. The van der Waals surface area contributed by atoms with E-state index in [1.807, 2.05) is 11.3 Å². The van der Waals surface area contributed by atoms with Crippen LogP contribution in [0.3, 0.4) is 0 Å². The summed E-state index contributed by atoms with van der Waals surface area (Å²) < 4.78 is 2.66. The van der Waals surface area contributed by atoms with Crippen LogP contribution >= 0.6 is 11.3 Å². The number of benzene rings is 7. The van der Waals surface area contributed by atoms with Gasteiger partial charge in [-0.05, 0) is 98.1 Å². The van der Waals surface area contributed by atoms with Crippen molar-refractivity contribution in [2.75, 3.05) is 4.90 Å². The molecule has 0 atom stereocenters. The van der Waals surface area contributed by atoms with Gasteiger partial charge in [-0.2, -0.15) is 0 Å². The van der Waals surface area contributed by atoms with E-state index >= 15 is 0 Å². The Morgan fingerprint density at radius 3 is 1.82 bits per heavy atom. The molecule has 0 spiro atoms. The molecule has 1 aromatic heterocycles. The van der Waals surface area contributed by atoms with Crippen LogP contribution in [0.2, 0.25) is 0 Å². The van der Waals surface area contributed by atoms with Gasteiger partial charge in [0.15, 0.2) is 0 Å². The Hall–Kier alpha value is -5.44. The Morgan fingerprint density at radius 1 is 0.460 bits per heavy atom. The Labute approximate surface area is 298 Å². The number of anilines is 3. The summed E-state index contributed by atoms with van der Waals surface area (Å²) in [7, 11) is 0. The number of para-hydroxylation sites is 1. The summed E-state index contributed by atoms with van der Waals surface area (Å²) in [4.78, 5) is 2.43. The van der Waals surface area contributed by atoms with Crippen LogP contribution in [0.4, 0.5) is 17.1 Å². The predicted molar refractivity (Wildman–Crippen MR) is 215 cm³/mol. The summed E-state index contributed by atoms with van der Waals surface area (Å²) in [6.07, 6.45) is 0. The summed E-state index contributed by atoms with van der Waals surface area (Å²) in [5, 5.41) is 2.73. The molecule has 0 radical (unpaired) electrons. The molecule has 10 rings (SSSR count). The van der Waals surface area contributed by atoms with Crippen molar-refractivity contribution in [1.82, 2.24) is 0 Å². The highest BCUT2D eigenvalue weighted by Crippen LogP contribution is 2.55. The number of fused-ring (bicyclic) bond motifs is 10. The molecule has 0 saturated heterocycles. The van der Waals surface area contributed by atoms with Gasteiger partial charge in [-0.15, -0.1) is 11.3 Å². The highest BCUT2D eigenvalue weighted by molar-refractivity contribution is 7.26. The Balaban J connectivity index is 1.11. The maximum Gasteiger partial charge on any atom is 0.0640 e. The Bertz CT molecular complexity index is 2640. The SMILES string of the molecule is CC1(C)c2ccccc2-c2ccc(-c3ccc(N(c4ccccc4)c4cccc5c4sc4ccc6c(c45)C(C)(C)c4ccccc4-6)cc3)cc21. The summed E-state index contributed by atoms with van der Waals surface area (Å²) in [6.45, 7) is 9.49. The fourth-order valence-corrected chi connectivity index (χ4v) is 10.2. The topological polar surface area (TPSA) is 3.24 Å². The summed E-state index contributed by atoms with van der Waals surface area (Å²) in [5.41, 5.74) is 17.1. The van der Waals surface area contributed by atoms with Crippen molar-refractivity contribution in [3.63, 3.8) is 0 Å². The molecule has 7 aromatic carbocycles. The van der Waals surface area contributed by atoms with E-state index in [2.05, 4.69) is 184 Å². The van der Waals surface area contributed by atoms with Gasteiger partial charge in [0.2, 0.25) is 0 Å². The van der Waals surface area contributed by atoms with E-state index in [0.29, 0.717) is 0 Å². The lowest BCUT2D eigenvalue weighted by Crippen LogP contribution is -2.15. The Kier molecular flexibility index (Phi) is 6.21. The molecule has 0 amide bonds. The van der Waals surface area contributed by atoms with E-state index in [1.165, 1.54) is 81.5 Å². The van der Waals surface area contributed by atoms with Crippen molar-refractivity contribution in [2.45, 2.75) is 38.5 Å². The van der Waals surface area contributed by atoms with Crippen molar-refractivity contribution in [3.8, 4) is 33.4 Å². The average molecular weight is 660 g/mol. The van der Waals surface area contributed by atoms with Crippen molar-refractivity contribution in [1.29, 1.82) is 0 Å². The molecule has 0 bridgehead atoms. The Morgan fingerprint density at radius 2 is 1.06 bits per heavy atom. The maximum absolute atomic E-state index is 2.43. The van der Waals surface area contributed by atoms with E-state index in [4.69, 9.17) is 0 Å². The zero-order valence-electron chi connectivity index (χ0n) is 28.8. The highest BCUT2D eigenvalue weighted by atomic mass is 32.1. The zero-order valence-corrected chi connectivity index (χ0v) is 29.6. The first-order valence-corrected chi connectivity index (χ1v) is 18.4. The standard InChI is InChI=1S/C48H37NS/c1-47(2)39-18-10-8-15-34(39)36-26-23-31(29-41(36)47)30-21-24-33(25-22-30)49(32-13-6-5-7-14-32)42-20-12-17-38-44-43(50-46(38)42)28-27-37-35-16-9-11-19-40(35)48(3,4)45(37)44/h5-29H,1-4H3. The third kappa shape index (κ3) is 4.06. The molecule has 0 saturated carbocycles. The van der Waals surface area contributed by atoms with Crippen LogP contribution < -0.4 is 4.90 Å². The maximum atomic E-state index is 2.43. The molecule has 1 nitrogen and oxygen atoms in total. The zero-order chi connectivity index (χ0) is 33.8. The monoisotopic (exact) mass is 659 g/mol. The van der Waals surface area contributed by atoms with Gasteiger partial charge >= 0.3 is 0 Å². The second-order valence-corrected chi connectivity index (χ2v) is 16.0. The lowest BCUT2D eigenvalue weighted by Gasteiger charge is -2.26. The van der Waals surface area contributed by atoms with Crippen LogP contribution in [0.15, 0.2) is 152 Å². The predicted octanol–water partition coefficient (Wildman–Crippen LogP) is 13.8. The molecule has 0 N–H and O–H groups in total. The molecule has 8 aromatic rings. The van der Waals surface area contributed by atoms with Gasteiger partial charge in [0, 0.05) is 37.7 Å². The molecule has 0 aliphatic heterocycles. The van der Waals surface area contributed by atoms with Gasteiger partial charge in [0.25, 0.3) is 0 Å². The largest absolute Gasteiger partial charge is 0.309 e. The van der Waals surface area contributed by atoms with Gasteiger partial charge < -0.3 is 4.90 Å². The minimum Gasteiger partial charge on any atom is -0.309 e. The first kappa shape index (κ1) is 29.5. The second-order valence-electron chi connectivity index (χ2n) is 14.9. The smallest absolute Gasteiger partial charge is 0.0640 e. The molecule has 2 aliphatic rings. The number of hydrogen-bond acceptors (Lipinski definition) is 2. The van der Waals surface area contributed by atoms with Crippen molar-refractivity contribution >= 4 is 48.6 Å². The number of rotatable bonds is 4. The first-order chi connectivity index (χ1) is 24.3. The van der Waals surface area contributed by atoms with Crippen LogP contribution in [0, 0.1) is 0 Å². The second kappa shape index (κ2) is 10.5. The average Bonchev–Trinajstić information content (AvgIpc) is 3.72. The summed E-state index contributed by atoms with van der Waals surface area (Å²) in [6, 6.07) is 56.4. The third-order valence-electron chi connectivity index (χ3n) is 11.5. The van der Waals surface area contributed by atoms with E-state index in [1.54, 1.807) is 0 Å². The van der Waals surface area contributed by atoms with Crippen LogP contribution in [0.25, 0.3) is 53.6 Å². The minimum atomic E-state index is -0.0695. The lowest BCUT2D eigenvalue weighted by molar-refractivity contribution is 0.660. The van der Waals surface area contributed by atoms with E-state index in [0.717, 1.165) is 11.4 Å². The molecule has 240 valence electrons. The quantitative estimate of drug-likeness (QED) is 0.182. The van der Waals surface area contributed by atoms with Gasteiger partial charge in [-0.1, -0.05) is 137 Å².